The van der Waals surface area contributed by atoms with Gasteiger partial charge in [0.1, 0.15) is 5.82 Å². The molecule has 0 radical (unpaired) electrons. The Morgan fingerprint density at radius 1 is 1.17 bits per heavy atom. The molecule has 1 aromatic carbocycles. The van der Waals surface area contributed by atoms with Crippen LogP contribution in [0.5, 0.6) is 0 Å². The Bertz CT molecular complexity index is 510. The average Bonchev–Trinajstić information content (AvgIpc) is 3.09. The SMILES string of the molecule is NCc1cnc(C2(c3ccccc3)CCCC2)[nH]1. The van der Waals surface area contributed by atoms with Crippen molar-refractivity contribution in [3.8, 4) is 0 Å². The maximum absolute atomic E-state index is 5.67. The van der Waals surface area contributed by atoms with Crippen LogP contribution in [-0.2, 0) is 12.0 Å². The van der Waals surface area contributed by atoms with E-state index < -0.39 is 0 Å². The normalized spacial score (nSPS) is 18.1. The number of nitrogens with zero attached hydrogens (tertiary/aromatic N) is 1. The zero-order valence-electron chi connectivity index (χ0n) is 10.5. The molecule has 1 heterocycles. The lowest BCUT2D eigenvalue weighted by molar-refractivity contribution is 0.504. The van der Waals surface area contributed by atoms with Gasteiger partial charge in [0, 0.05) is 18.4 Å². The molecule has 1 aliphatic carbocycles. The van der Waals surface area contributed by atoms with Crippen LogP contribution in [0.25, 0.3) is 0 Å². The van der Waals surface area contributed by atoms with Gasteiger partial charge in [0.2, 0.25) is 0 Å². The van der Waals surface area contributed by atoms with Crippen molar-refractivity contribution < 1.29 is 0 Å². The summed E-state index contributed by atoms with van der Waals surface area (Å²) < 4.78 is 0. The first kappa shape index (κ1) is 11.5. The molecule has 3 rings (SSSR count). The summed E-state index contributed by atoms with van der Waals surface area (Å²) in [5, 5.41) is 0. The van der Waals surface area contributed by atoms with Gasteiger partial charge in [-0.1, -0.05) is 43.2 Å². The van der Waals surface area contributed by atoms with Crippen LogP contribution in [0, 0.1) is 0 Å². The second-order valence-electron chi connectivity index (χ2n) is 5.12. The van der Waals surface area contributed by atoms with Crippen LogP contribution < -0.4 is 5.73 Å². The molecular weight excluding hydrogens is 222 g/mol. The maximum atomic E-state index is 5.67. The quantitative estimate of drug-likeness (QED) is 0.868. The van der Waals surface area contributed by atoms with E-state index in [0.717, 1.165) is 11.5 Å². The molecule has 3 nitrogen and oxygen atoms in total. The molecular formula is C15H19N3. The molecule has 3 N–H and O–H groups in total. The Kier molecular flexibility index (Phi) is 2.92. The van der Waals surface area contributed by atoms with Crippen LogP contribution >= 0.6 is 0 Å². The van der Waals surface area contributed by atoms with Crippen LogP contribution in [-0.4, -0.2) is 9.97 Å². The summed E-state index contributed by atoms with van der Waals surface area (Å²) in [6.45, 7) is 0.526. The van der Waals surface area contributed by atoms with Crippen molar-refractivity contribution in [2.24, 2.45) is 5.73 Å². The molecule has 0 spiro atoms. The summed E-state index contributed by atoms with van der Waals surface area (Å²) in [5.74, 6) is 1.09. The van der Waals surface area contributed by atoms with Gasteiger partial charge in [0.05, 0.1) is 5.41 Å². The van der Waals surface area contributed by atoms with Gasteiger partial charge in [0.15, 0.2) is 0 Å². The number of nitrogens with two attached hydrogens (primary N) is 1. The van der Waals surface area contributed by atoms with Crippen molar-refractivity contribution in [2.45, 2.75) is 37.6 Å². The molecule has 94 valence electrons. The van der Waals surface area contributed by atoms with E-state index in [0.29, 0.717) is 6.54 Å². The molecule has 1 aliphatic rings. The second kappa shape index (κ2) is 4.58. The fourth-order valence-electron chi connectivity index (χ4n) is 3.10. The van der Waals surface area contributed by atoms with Gasteiger partial charge in [-0.05, 0) is 18.4 Å². The summed E-state index contributed by atoms with van der Waals surface area (Å²) in [7, 11) is 0. The van der Waals surface area contributed by atoms with Gasteiger partial charge in [-0.25, -0.2) is 4.98 Å². The predicted molar refractivity (Wildman–Crippen MR) is 72.2 cm³/mol. The monoisotopic (exact) mass is 241 g/mol. The van der Waals surface area contributed by atoms with E-state index in [-0.39, 0.29) is 5.41 Å². The molecule has 1 saturated carbocycles. The van der Waals surface area contributed by atoms with Gasteiger partial charge >= 0.3 is 0 Å². The zero-order valence-corrected chi connectivity index (χ0v) is 10.5. The lowest BCUT2D eigenvalue weighted by atomic mass is 9.78. The van der Waals surface area contributed by atoms with Gasteiger partial charge < -0.3 is 10.7 Å². The third kappa shape index (κ3) is 1.75. The number of H-pyrrole nitrogens is 1. The van der Waals surface area contributed by atoms with Crippen LogP contribution in [0.3, 0.4) is 0 Å². The molecule has 0 amide bonds. The van der Waals surface area contributed by atoms with E-state index in [1.54, 1.807) is 0 Å². The Balaban J connectivity index is 2.06. The van der Waals surface area contributed by atoms with Gasteiger partial charge in [-0.3, -0.25) is 0 Å². The Hall–Kier alpha value is -1.61. The highest BCUT2D eigenvalue weighted by atomic mass is 14.9. The van der Waals surface area contributed by atoms with E-state index >= 15 is 0 Å². The van der Waals surface area contributed by atoms with Crippen molar-refractivity contribution in [3.05, 3.63) is 53.6 Å². The topological polar surface area (TPSA) is 54.7 Å². The van der Waals surface area contributed by atoms with Crippen molar-refractivity contribution in [2.75, 3.05) is 0 Å². The van der Waals surface area contributed by atoms with E-state index in [1.807, 2.05) is 6.20 Å². The standard InChI is InChI=1S/C15H19N3/c16-10-13-11-17-14(18-13)15(8-4-5-9-15)12-6-2-1-3-7-12/h1-3,6-7,11H,4-5,8-10,16H2,(H,17,18). The molecule has 18 heavy (non-hydrogen) atoms. The van der Waals surface area contributed by atoms with E-state index in [4.69, 9.17) is 5.73 Å². The van der Waals surface area contributed by atoms with Crippen molar-refractivity contribution in [1.29, 1.82) is 0 Å². The van der Waals surface area contributed by atoms with Gasteiger partial charge in [0.25, 0.3) is 0 Å². The van der Waals surface area contributed by atoms with Crippen LogP contribution in [0.1, 0.15) is 42.8 Å². The number of imidazole rings is 1. The summed E-state index contributed by atoms with van der Waals surface area (Å²) in [6, 6.07) is 10.7. The minimum atomic E-state index is 0.0781. The minimum absolute atomic E-state index is 0.0781. The number of aromatic nitrogens is 2. The van der Waals surface area contributed by atoms with E-state index in [9.17, 15) is 0 Å². The van der Waals surface area contributed by atoms with Gasteiger partial charge in [-0.15, -0.1) is 0 Å². The fourth-order valence-corrected chi connectivity index (χ4v) is 3.10. The molecule has 0 bridgehead atoms. The van der Waals surface area contributed by atoms with Crippen LogP contribution in [0.15, 0.2) is 36.5 Å². The van der Waals surface area contributed by atoms with Crippen molar-refractivity contribution in [1.82, 2.24) is 9.97 Å². The first-order valence-electron chi connectivity index (χ1n) is 6.65. The Labute approximate surface area is 107 Å². The molecule has 0 unspecified atom stereocenters. The molecule has 1 aromatic heterocycles. The highest BCUT2D eigenvalue weighted by molar-refractivity contribution is 5.34. The van der Waals surface area contributed by atoms with Crippen molar-refractivity contribution >= 4 is 0 Å². The maximum Gasteiger partial charge on any atom is 0.116 e. The highest BCUT2D eigenvalue weighted by Gasteiger charge is 2.39. The average molecular weight is 241 g/mol. The number of rotatable bonds is 3. The van der Waals surface area contributed by atoms with Crippen molar-refractivity contribution in [3.63, 3.8) is 0 Å². The molecule has 3 heteroatoms. The zero-order chi connectivity index (χ0) is 12.4. The summed E-state index contributed by atoms with van der Waals surface area (Å²) in [4.78, 5) is 7.99. The van der Waals surface area contributed by atoms with E-state index in [2.05, 4.69) is 40.3 Å². The lowest BCUT2D eigenvalue weighted by Gasteiger charge is -2.27. The summed E-state index contributed by atoms with van der Waals surface area (Å²) in [5.41, 5.74) is 8.15. The third-order valence-electron chi connectivity index (χ3n) is 4.09. The number of aromatic amines is 1. The summed E-state index contributed by atoms with van der Waals surface area (Å²) >= 11 is 0. The largest absolute Gasteiger partial charge is 0.344 e. The highest BCUT2D eigenvalue weighted by Crippen LogP contribution is 2.44. The Morgan fingerprint density at radius 3 is 2.50 bits per heavy atom. The summed E-state index contributed by atoms with van der Waals surface area (Å²) in [6.07, 6.45) is 6.77. The molecule has 0 aliphatic heterocycles. The number of nitrogens with one attached hydrogen (secondary N) is 1. The first-order chi connectivity index (χ1) is 8.85. The van der Waals surface area contributed by atoms with Crippen LogP contribution in [0.4, 0.5) is 0 Å². The number of hydrogen-bond acceptors (Lipinski definition) is 2. The lowest BCUT2D eigenvalue weighted by Crippen LogP contribution is -2.25. The molecule has 0 saturated heterocycles. The molecule has 0 atom stereocenters. The smallest absolute Gasteiger partial charge is 0.116 e. The predicted octanol–water partition coefficient (Wildman–Crippen LogP) is 2.73. The minimum Gasteiger partial charge on any atom is -0.344 e. The molecule has 1 fully saturated rings. The van der Waals surface area contributed by atoms with Crippen LogP contribution in [0.2, 0.25) is 0 Å². The van der Waals surface area contributed by atoms with Gasteiger partial charge in [-0.2, -0.15) is 0 Å². The third-order valence-corrected chi connectivity index (χ3v) is 4.09. The first-order valence-corrected chi connectivity index (χ1v) is 6.65. The fraction of sp³-hybridized carbons (Fsp3) is 0.400. The Morgan fingerprint density at radius 2 is 1.89 bits per heavy atom. The number of hydrogen-bond donors (Lipinski definition) is 2. The molecule has 2 aromatic rings. The second-order valence-corrected chi connectivity index (χ2v) is 5.12. The number of benzene rings is 1. The van der Waals surface area contributed by atoms with E-state index in [1.165, 1.54) is 31.2 Å².